The number of para-hydroxylation sites is 1. The SMILES string of the molecule is CC1(C)Cc2ccccc2N1Cc1ccc(OCCN2CCCCC2)cc1. The van der Waals surface area contributed by atoms with Crippen LogP contribution in [0.15, 0.2) is 48.5 Å². The van der Waals surface area contributed by atoms with Crippen molar-refractivity contribution in [3.05, 3.63) is 59.7 Å². The third-order valence-electron chi connectivity index (χ3n) is 6.03. The predicted octanol–water partition coefficient (Wildman–Crippen LogP) is 4.89. The zero-order chi connectivity index (χ0) is 18.7. The number of piperidine rings is 1. The fraction of sp³-hybridized carbons (Fsp3) is 0.500. The van der Waals surface area contributed by atoms with Crippen molar-refractivity contribution in [1.82, 2.24) is 4.90 Å². The molecule has 0 amide bonds. The lowest BCUT2D eigenvalue weighted by molar-refractivity contribution is 0.183. The number of benzene rings is 2. The van der Waals surface area contributed by atoms with E-state index in [2.05, 4.69) is 72.2 Å². The van der Waals surface area contributed by atoms with E-state index in [9.17, 15) is 0 Å². The second kappa shape index (κ2) is 7.93. The second-order valence-electron chi connectivity index (χ2n) is 8.60. The summed E-state index contributed by atoms with van der Waals surface area (Å²) >= 11 is 0. The highest BCUT2D eigenvalue weighted by molar-refractivity contribution is 5.61. The van der Waals surface area contributed by atoms with E-state index in [0.29, 0.717) is 0 Å². The number of fused-ring (bicyclic) bond motifs is 1. The van der Waals surface area contributed by atoms with Gasteiger partial charge >= 0.3 is 0 Å². The van der Waals surface area contributed by atoms with Crippen LogP contribution in [0.5, 0.6) is 5.75 Å². The Labute approximate surface area is 163 Å². The summed E-state index contributed by atoms with van der Waals surface area (Å²) in [4.78, 5) is 5.05. The van der Waals surface area contributed by atoms with Crippen molar-refractivity contribution in [1.29, 1.82) is 0 Å². The van der Waals surface area contributed by atoms with Crippen molar-refractivity contribution in [3.8, 4) is 5.75 Å². The molecule has 0 atom stereocenters. The fourth-order valence-corrected chi connectivity index (χ4v) is 4.46. The van der Waals surface area contributed by atoms with Gasteiger partial charge in [0.25, 0.3) is 0 Å². The molecule has 0 spiro atoms. The molecule has 0 aromatic heterocycles. The van der Waals surface area contributed by atoms with Crippen molar-refractivity contribution in [2.24, 2.45) is 0 Å². The van der Waals surface area contributed by atoms with Crippen molar-refractivity contribution in [3.63, 3.8) is 0 Å². The van der Waals surface area contributed by atoms with Gasteiger partial charge in [-0.05, 0) is 75.5 Å². The maximum atomic E-state index is 5.98. The zero-order valence-corrected chi connectivity index (χ0v) is 16.8. The lowest BCUT2D eigenvalue weighted by Gasteiger charge is -2.34. The van der Waals surface area contributed by atoms with Crippen LogP contribution >= 0.6 is 0 Å². The van der Waals surface area contributed by atoms with E-state index < -0.39 is 0 Å². The molecule has 0 unspecified atom stereocenters. The van der Waals surface area contributed by atoms with E-state index in [1.807, 2.05) is 0 Å². The molecule has 27 heavy (non-hydrogen) atoms. The fourth-order valence-electron chi connectivity index (χ4n) is 4.46. The van der Waals surface area contributed by atoms with Crippen molar-refractivity contribution < 1.29 is 4.74 Å². The lowest BCUT2D eigenvalue weighted by atomic mass is 9.99. The van der Waals surface area contributed by atoms with Gasteiger partial charge in [0.15, 0.2) is 0 Å². The van der Waals surface area contributed by atoms with Gasteiger partial charge in [0, 0.05) is 24.3 Å². The van der Waals surface area contributed by atoms with Gasteiger partial charge in [-0.3, -0.25) is 4.90 Å². The Morgan fingerprint density at radius 2 is 1.67 bits per heavy atom. The average Bonchev–Trinajstić information content (AvgIpc) is 2.94. The molecule has 0 saturated carbocycles. The van der Waals surface area contributed by atoms with Gasteiger partial charge in [-0.2, -0.15) is 0 Å². The molecule has 2 aromatic carbocycles. The van der Waals surface area contributed by atoms with E-state index in [4.69, 9.17) is 4.74 Å². The lowest BCUT2D eigenvalue weighted by Crippen LogP contribution is -2.40. The van der Waals surface area contributed by atoms with Crippen LogP contribution in [-0.2, 0) is 13.0 Å². The van der Waals surface area contributed by atoms with E-state index >= 15 is 0 Å². The Morgan fingerprint density at radius 3 is 2.44 bits per heavy atom. The number of ether oxygens (including phenoxy) is 1. The Hall–Kier alpha value is -2.00. The standard InChI is InChI=1S/C24H32N2O/c1-24(2)18-21-8-4-5-9-23(21)26(24)19-20-10-12-22(13-11-20)27-17-16-25-14-6-3-7-15-25/h4-5,8-13H,3,6-7,14-19H2,1-2H3. The largest absolute Gasteiger partial charge is 0.492 e. The third kappa shape index (κ3) is 4.30. The molecular weight excluding hydrogens is 332 g/mol. The molecular formula is C24H32N2O. The van der Waals surface area contributed by atoms with Gasteiger partial charge in [-0.25, -0.2) is 0 Å². The molecule has 2 heterocycles. The molecule has 0 bridgehead atoms. The molecule has 144 valence electrons. The summed E-state index contributed by atoms with van der Waals surface area (Å²) in [5.74, 6) is 0.983. The van der Waals surface area contributed by atoms with Crippen LogP contribution in [0.25, 0.3) is 0 Å². The first-order chi connectivity index (χ1) is 13.1. The van der Waals surface area contributed by atoms with Gasteiger partial charge < -0.3 is 9.64 Å². The topological polar surface area (TPSA) is 15.7 Å². The molecule has 0 N–H and O–H groups in total. The third-order valence-corrected chi connectivity index (χ3v) is 6.03. The van der Waals surface area contributed by atoms with Gasteiger partial charge in [0.05, 0.1) is 0 Å². The van der Waals surface area contributed by atoms with Gasteiger partial charge in [0.1, 0.15) is 12.4 Å². The average molecular weight is 365 g/mol. The number of rotatable bonds is 6. The quantitative estimate of drug-likeness (QED) is 0.726. The predicted molar refractivity (Wildman–Crippen MR) is 113 cm³/mol. The first kappa shape index (κ1) is 18.4. The van der Waals surface area contributed by atoms with Crippen LogP contribution < -0.4 is 9.64 Å². The number of nitrogens with zero attached hydrogens (tertiary/aromatic N) is 2. The molecule has 3 nitrogen and oxygen atoms in total. The summed E-state index contributed by atoms with van der Waals surface area (Å²) in [6.07, 6.45) is 5.17. The first-order valence-electron chi connectivity index (χ1n) is 10.4. The normalized spacial score (nSPS) is 19.1. The summed E-state index contributed by atoms with van der Waals surface area (Å²) in [7, 11) is 0. The van der Waals surface area contributed by atoms with Crippen molar-refractivity contribution in [2.75, 3.05) is 31.1 Å². The van der Waals surface area contributed by atoms with Crippen LogP contribution in [0.3, 0.4) is 0 Å². The Bertz CT molecular complexity index is 747. The van der Waals surface area contributed by atoms with Crippen molar-refractivity contribution >= 4 is 5.69 Å². The minimum absolute atomic E-state index is 0.160. The second-order valence-corrected chi connectivity index (χ2v) is 8.60. The summed E-state index contributed by atoms with van der Waals surface area (Å²) in [6, 6.07) is 17.5. The highest BCUT2D eigenvalue weighted by Gasteiger charge is 2.35. The van der Waals surface area contributed by atoms with Crippen LogP contribution in [0.4, 0.5) is 5.69 Å². The molecule has 4 rings (SSSR count). The molecule has 1 fully saturated rings. The molecule has 2 aliphatic rings. The van der Waals surface area contributed by atoms with Gasteiger partial charge in [0.2, 0.25) is 0 Å². The van der Waals surface area contributed by atoms with Crippen LogP contribution in [0, 0.1) is 0 Å². The molecule has 1 saturated heterocycles. The highest BCUT2D eigenvalue weighted by atomic mass is 16.5. The summed E-state index contributed by atoms with van der Waals surface area (Å²) in [5, 5.41) is 0. The monoisotopic (exact) mass is 364 g/mol. The zero-order valence-electron chi connectivity index (χ0n) is 16.8. The maximum Gasteiger partial charge on any atom is 0.119 e. The Kier molecular flexibility index (Phi) is 5.40. The number of hydrogen-bond donors (Lipinski definition) is 0. The number of likely N-dealkylation sites (tertiary alicyclic amines) is 1. The number of anilines is 1. The minimum atomic E-state index is 0.160. The van der Waals surface area contributed by atoms with Crippen LogP contribution in [0.2, 0.25) is 0 Å². The van der Waals surface area contributed by atoms with Crippen LogP contribution in [0.1, 0.15) is 44.2 Å². The summed E-state index contributed by atoms with van der Waals surface area (Å²) in [6.45, 7) is 9.91. The Morgan fingerprint density at radius 1 is 0.926 bits per heavy atom. The molecule has 0 aliphatic carbocycles. The Balaban J connectivity index is 1.34. The van der Waals surface area contributed by atoms with E-state index in [1.165, 1.54) is 49.2 Å². The first-order valence-corrected chi connectivity index (χ1v) is 10.4. The molecule has 2 aromatic rings. The smallest absolute Gasteiger partial charge is 0.119 e. The highest BCUT2D eigenvalue weighted by Crippen LogP contribution is 2.39. The molecule has 2 aliphatic heterocycles. The van der Waals surface area contributed by atoms with Crippen molar-refractivity contribution in [2.45, 2.75) is 51.6 Å². The minimum Gasteiger partial charge on any atom is -0.492 e. The van der Waals surface area contributed by atoms with Gasteiger partial charge in [-0.15, -0.1) is 0 Å². The van der Waals surface area contributed by atoms with E-state index in [1.54, 1.807) is 0 Å². The van der Waals surface area contributed by atoms with Gasteiger partial charge in [-0.1, -0.05) is 36.8 Å². The van der Waals surface area contributed by atoms with E-state index in [0.717, 1.165) is 31.9 Å². The van der Waals surface area contributed by atoms with Crippen LogP contribution in [-0.4, -0.2) is 36.7 Å². The molecule has 0 radical (unpaired) electrons. The number of hydrogen-bond acceptors (Lipinski definition) is 3. The molecule has 3 heteroatoms. The maximum absolute atomic E-state index is 5.98. The summed E-state index contributed by atoms with van der Waals surface area (Å²) < 4.78 is 5.98. The van der Waals surface area contributed by atoms with E-state index in [-0.39, 0.29) is 5.54 Å². The summed E-state index contributed by atoms with van der Waals surface area (Å²) in [5.41, 5.74) is 4.33.